The van der Waals surface area contributed by atoms with E-state index >= 15 is 0 Å². The van der Waals surface area contributed by atoms with Crippen LogP contribution in [0.3, 0.4) is 0 Å². The van der Waals surface area contributed by atoms with Crippen molar-refractivity contribution in [1.82, 2.24) is 30.2 Å². The number of aromatic nitrogens is 4. The Morgan fingerprint density at radius 1 is 1.19 bits per heavy atom. The van der Waals surface area contributed by atoms with Crippen LogP contribution in [0.15, 0.2) is 21.7 Å². The summed E-state index contributed by atoms with van der Waals surface area (Å²) in [5.74, 6) is -0.889. The number of amides is 1. The Morgan fingerprint density at radius 3 is 2.65 bits per heavy atom. The third-order valence-electron chi connectivity index (χ3n) is 6.74. The molecule has 12 nitrogen and oxygen atoms in total. The van der Waals surface area contributed by atoms with Crippen LogP contribution in [0.5, 0.6) is 0 Å². The van der Waals surface area contributed by atoms with Crippen molar-refractivity contribution in [2.75, 3.05) is 6.54 Å². The molecule has 0 unspecified atom stereocenters. The number of aromatic amines is 1. The number of hydrogen-bond acceptors (Lipinski definition) is 8. The van der Waals surface area contributed by atoms with E-state index in [1.807, 2.05) is 30.5 Å². The van der Waals surface area contributed by atoms with E-state index in [2.05, 4.69) is 25.6 Å². The molecule has 0 aliphatic carbocycles. The number of benzene rings is 1. The first kappa shape index (κ1) is 26.3. The minimum absolute atomic E-state index is 0.0641. The zero-order chi connectivity index (χ0) is 26.9. The molecule has 0 bridgehead atoms. The molecule has 12 heteroatoms. The molecule has 0 saturated carbocycles. The molecule has 1 aromatic carbocycles. The van der Waals surface area contributed by atoms with Gasteiger partial charge in [-0.3, -0.25) is 9.78 Å². The summed E-state index contributed by atoms with van der Waals surface area (Å²) in [5.41, 5.74) is 1.39. The van der Waals surface area contributed by atoms with Crippen molar-refractivity contribution in [3.05, 3.63) is 44.1 Å². The first-order chi connectivity index (χ1) is 17.4. The zero-order valence-corrected chi connectivity index (χ0v) is 21.4. The van der Waals surface area contributed by atoms with E-state index in [1.54, 1.807) is 13.8 Å². The maximum absolute atomic E-state index is 12.5. The maximum atomic E-state index is 12.5. The van der Waals surface area contributed by atoms with E-state index in [0.29, 0.717) is 37.9 Å². The minimum atomic E-state index is -1.10. The summed E-state index contributed by atoms with van der Waals surface area (Å²) in [6, 6.07) is 2.80. The van der Waals surface area contributed by atoms with Gasteiger partial charge in [-0.25, -0.2) is 19.4 Å². The third-order valence-corrected chi connectivity index (χ3v) is 6.74. The second kappa shape index (κ2) is 10.3. The molecule has 0 radical (unpaired) electrons. The van der Waals surface area contributed by atoms with E-state index in [1.165, 1.54) is 0 Å². The first-order valence-electron chi connectivity index (χ1n) is 12.3. The van der Waals surface area contributed by atoms with Crippen LogP contribution in [0.4, 0.5) is 4.79 Å². The van der Waals surface area contributed by atoms with Gasteiger partial charge in [0.05, 0.1) is 11.0 Å². The van der Waals surface area contributed by atoms with Gasteiger partial charge >= 0.3 is 17.8 Å². The highest BCUT2D eigenvalue weighted by molar-refractivity contribution is 5.81. The van der Waals surface area contributed by atoms with Crippen molar-refractivity contribution < 1.29 is 19.4 Å². The lowest BCUT2D eigenvalue weighted by molar-refractivity contribution is -0.139. The second-order valence-corrected chi connectivity index (χ2v) is 10.2. The van der Waals surface area contributed by atoms with Gasteiger partial charge < -0.3 is 25.0 Å². The zero-order valence-electron chi connectivity index (χ0n) is 21.4. The predicted molar refractivity (Wildman–Crippen MR) is 136 cm³/mol. The molecule has 37 heavy (non-hydrogen) atoms. The molecule has 1 saturated heterocycles. The molecule has 0 spiro atoms. The van der Waals surface area contributed by atoms with Crippen molar-refractivity contribution in [1.29, 1.82) is 0 Å². The molecule has 198 valence electrons. The average Bonchev–Trinajstić information content (AvgIpc) is 2.78. The van der Waals surface area contributed by atoms with E-state index in [9.17, 15) is 24.3 Å². The fourth-order valence-electron chi connectivity index (χ4n) is 4.82. The number of carbonyl (C=O) groups is 2. The van der Waals surface area contributed by atoms with Gasteiger partial charge in [0.2, 0.25) is 0 Å². The number of ether oxygens (including phenoxy) is 1. The van der Waals surface area contributed by atoms with Gasteiger partial charge in [0, 0.05) is 25.6 Å². The van der Waals surface area contributed by atoms with Crippen molar-refractivity contribution in [2.24, 2.45) is 0 Å². The molecule has 2 atom stereocenters. The number of aliphatic carboxylic acids is 1. The minimum Gasteiger partial charge on any atom is -0.480 e. The summed E-state index contributed by atoms with van der Waals surface area (Å²) in [7, 11) is 0. The monoisotopic (exact) mass is 512 g/mol. The van der Waals surface area contributed by atoms with Gasteiger partial charge in [-0.15, -0.1) is 0 Å². The molecular formula is C25H32N6O6. The second-order valence-electron chi connectivity index (χ2n) is 10.2. The number of carboxylic acids is 1. The lowest BCUT2D eigenvalue weighted by Crippen LogP contribution is -2.47. The number of rotatable bonds is 5. The Morgan fingerprint density at radius 2 is 1.92 bits per heavy atom. The molecule has 3 heterocycles. The molecule has 1 fully saturated rings. The Kier molecular flexibility index (Phi) is 7.30. The molecule has 4 rings (SSSR count). The van der Waals surface area contributed by atoms with Gasteiger partial charge in [-0.2, -0.15) is 4.98 Å². The normalized spacial score (nSPS) is 20.4. The Balaban J connectivity index is 1.60. The predicted octanol–water partition coefficient (Wildman–Crippen LogP) is 1.69. The Labute approximate surface area is 212 Å². The molecule has 1 aromatic rings. The van der Waals surface area contributed by atoms with Gasteiger partial charge in [0.1, 0.15) is 11.6 Å². The van der Waals surface area contributed by atoms with E-state index < -0.39 is 35.0 Å². The van der Waals surface area contributed by atoms with Gasteiger partial charge in [-0.05, 0) is 70.2 Å². The highest BCUT2D eigenvalue weighted by Crippen LogP contribution is 2.25. The molecular weight excluding hydrogens is 480 g/mol. The van der Waals surface area contributed by atoms with Crippen LogP contribution in [-0.2, 0) is 16.1 Å². The van der Waals surface area contributed by atoms with Crippen molar-refractivity contribution in [3.63, 3.8) is 0 Å². The topological polar surface area (TPSA) is 168 Å². The molecule has 4 N–H and O–H groups in total. The lowest BCUT2D eigenvalue weighted by atomic mass is 9.93. The van der Waals surface area contributed by atoms with Crippen molar-refractivity contribution in [2.45, 2.75) is 77.6 Å². The van der Waals surface area contributed by atoms with Crippen LogP contribution in [0.2, 0.25) is 0 Å². The SMILES string of the molecule is Cc1cc2nc3c(=O)[nH]c(=O)nc-3n(CCN[C@H]3CCC[C@@H](C(=O)O)NC(=O)OC(C)(C)C3)c2cc1C. The van der Waals surface area contributed by atoms with Crippen LogP contribution >= 0.6 is 0 Å². The smallest absolute Gasteiger partial charge is 0.408 e. The molecule has 3 aliphatic rings. The van der Waals surface area contributed by atoms with Gasteiger partial charge in [0.15, 0.2) is 11.5 Å². The van der Waals surface area contributed by atoms with Crippen molar-refractivity contribution >= 4 is 23.1 Å². The summed E-state index contributed by atoms with van der Waals surface area (Å²) in [6.07, 6.45) is 1.32. The first-order valence-corrected chi connectivity index (χ1v) is 12.3. The Bertz CT molecular complexity index is 1430. The summed E-state index contributed by atoms with van der Waals surface area (Å²) < 4.78 is 7.33. The lowest BCUT2D eigenvalue weighted by Gasteiger charge is -2.32. The standard InChI is InChI=1S/C25H32N6O6/c1-13-10-17-18(11-14(13)2)31(20-19(27-17)21(32)30-23(35)29-20)9-8-26-15-6-5-7-16(22(33)34)28-24(36)37-25(3,4)12-15/h10-11,15-16,26H,5-9,12H2,1-4H3,(H,28,36)(H,33,34)(H,30,32,35)/t15-,16-/m0/s1. The molecule has 3 aliphatic heterocycles. The highest BCUT2D eigenvalue weighted by atomic mass is 16.6. The highest BCUT2D eigenvalue weighted by Gasteiger charge is 2.31. The van der Waals surface area contributed by atoms with Crippen LogP contribution < -0.4 is 21.9 Å². The number of carbonyl (C=O) groups excluding carboxylic acids is 1. The fourth-order valence-corrected chi connectivity index (χ4v) is 4.82. The van der Waals surface area contributed by atoms with E-state index in [-0.39, 0.29) is 24.0 Å². The van der Waals surface area contributed by atoms with Crippen LogP contribution in [0, 0.1) is 13.8 Å². The van der Waals surface area contributed by atoms with Gasteiger partial charge in [0.25, 0.3) is 5.56 Å². The number of cyclic esters (lactones) is 1. The average molecular weight is 513 g/mol. The Hall–Kier alpha value is -3.80. The largest absolute Gasteiger partial charge is 0.480 e. The van der Waals surface area contributed by atoms with Crippen LogP contribution in [0.25, 0.3) is 22.6 Å². The summed E-state index contributed by atoms with van der Waals surface area (Å²) in [4.78, 5) is 58.9. The van der Waals surface area contributed by atoms with E-state index in [4.69, 9.17) is 4.74 Å². The third kappa shape index (κ3) is 5.96. The fraction of sp³-hybridized carbons (Fsp3) is 0.520. The number of nitrogens with zero attached hydrogens (tertiary/aromatic N) is 3. The summed E-state index contributed by atoms with van der Waals surface area (Å²) >= 11 is 0. The number of aryl methyl sites for hydroxylation is 2. The van der Waals surface area contributed by atoms with Gasteiger partial charge in [-0.1, -0.05) is 0 Å². The van der Waals surface area contributed by atoms with Crippen LogP contribution in [0.1, 0.15) is 50.7 Å². The van der Waals surface area contributed by atoms with Crippen LogP contribution in [-0.4, -0.2) is 60.9 Å². The number of hydrogen-bond donors (Lipinski definition) is 4. The number of alkyl carbamates (subject to hydrolysis) is 1. The maximum Gasteiger partial charge on any atom is 0.408 e. The van der Waals surface area contributed by atoms with E-state index in [0.717, 1.165) is 16.6 Å². The van der Waals surface area contributed by atoms with Crippen molar-refractivity contribution in [3.8, 4) is 11.5 Å². The number of H-pyrrole nitrogens is 1. The quantitative estimate of drug-likeness (QED) is 0.372. The summed E-state index contributed by atoms with van der Waals surface area (Å²) in [6.45, 7) is 8.37. The molecule has 1 amide bonds. The number of nitrogens with one attached hydrogen (secondary N) is 3. The number of carboxylic acid groups (broad SMARTS) is 1. The molecule has 0 aromatic heterocycles. The summed E-state index contributed by atoms with van der Waals surface area (Å²) in [5, 5.41) is 15.3. The number of fused-ring (bicyclic) bond motifs is 2.